The molecule has 10 rings (SSSR count). The molecule has 0 spiro atoms. The summed E-state index contributed by atoms with van der Waals surface area (Å²) in [6.45, 7) is 0. The van der Waals surface area contributed by atoms with Gasteiger partial charge in [0.15, 0.2) is 0 Å². The van der Waals surface area contributed by atoms with Gasteiger partial charge in [-0.05, 0) is 98.6 Å². The van der Waals surface area contributed by atoms with Crippen molar-refractivity contribution in [1.82, 2.24) is 10.3 Å². The molecule has 2 aliphatic carbocycles. The van der Waals surface area contributed by atoms with Crippen molar-refractivity contribution in [1.29, 1.82) is 0 Å². The Hall–Kier alpha value is -6.06. The van der Waals surface area contributed by atoms with Crippen LogP contribution < -0.4 is 5.32 Å². The van der Waals surface area contributed by atoms with Crippen LogP contribution in [0.4, 0.5) is 0 Å². The molecule has 3 nitrogen and oxygen atoms in total. The average Bonchev–Trinajstić information content (AvgIpc) is 3.20. The molecule has 0 bridgehead atoms. The normalized spacial score (nSPS) is 16.5. The van der Waals surface area contributed by atoms with Gasteiger partial charge in [-0.15, -0.1) is 0 Å². The maximum Gasteiger partial charge on any atom is 0.133 e. The zero-order valence-corrected chi connectivity index (χ0v) is 27.7. The van der Waals surface area contributed by atoms with Crippen molar-refractivity contribution in [3.63, 3.8) is 0 Å². The first kappa shape index (κ1) is 28.9. The fourth-order valence-corrected chi connectivity index (χ4v) is 8.23. The number of fused-ring (bicyclic) bond motifs is 7. The molecule has 1 atom stereocenters. The first-order valence-corrected chi connectivity index (χ1v) is 17.7. The molecule has 3 aliphatic rings. The van der Waals surface area contributed by atoms with E-state index in [4.69, 9.17) is 9.98 Å². The van der Waals surface area contributed by atoms with Gasteiger partial charge in [-0.3, -0.25) is 9.98 Å². The fourth-order valence-electron chi connectivity index (χ4n) is 8.23. The highest BCUT2D eigenvalue weighted by molar-refractivity contribution is 6.09. The highest BCUT2D eigenvalue weighted by Crippen LogP contribution is 2.40. The van der Waals surface area contributed by atoms with Gasteiger partial charge in [-0.1, -0.05) is 127 Å². The standard InChI is InChI=1S/C47H35N3/c1-6-16-37-30(11-1)25-26-48-46(37)31-21-23-32(24-22-31)47-49-44(42-27-33-12-2-4-14-35(33)38-17-7-9-19-40(38)42)29-45(50-47)43-28-34-13-3-5-15-36(34)39-18-8-10-20-41(39)43/h1,4-11,14-29,44H,2-3,12-13H2,(H,49,50). The molecule has 7 aromatic rings. The number of nitrogens with zero attached hydrogens (tertiary/aromatic N) is 2. The predicted octanol–water partition coefficient (Wildman–Crippen LogP) is 11.3. The van der Waals surface area contributed by atoms with Crippen LogP contribution in [-0.4, -0.2) is 10.8 Å². The third-order valence-electron chi connectivity index (χ3n) is 10.7. The second kappa shape index (κ2) is 11.8. The van der Waals surface area contributed by atoms with E-state index in [0.29, 0.717) is 0 Å². The molecule has 1 N–H and O–H groups in total. The lowest BCUT2D eigenvalue weighted by molar-refractivity contribution is 0.881. The topological polar surface area (TPSA) is 37.3 Å². The van der Waals surface area contributed by atoms with Gasteiger partial charge in [0.25, 0.3) is 0 Å². The maximum atomic E-state index is 5.50. The van der Waals surface area contributed by atoms with E-state index in [9.17, 15) is 0 Å². The molecular formula is C47H35N3. The monoisotopic (exact) mass is 641 g/mol. The zero-order chi connectivity index (χ0) is 33.0. The summed E-state index contributed by atoms with van der Waals surface area (Å²) in [4.78, 5) is 10.3. The van der Waals surface area contributed by atoms with Crippen LogP contribution in [0.3, 0.4) is 0 Å². The van der Waals surface area contributed by atoms with Crippen molar-refractivity contribution < 1.29 is 0 Å². The number of nitrogens with one attached hydrogen (secondary N) is 1. The zero-order valence-electron chi connectivity index (χ0n) is 27.7. The summed E-state index contributed by atoms with van der Waals surface area (Å²) in [6.07, 6.45) is 17.7. The second-order valence-electron chi connectivity index (χ2n) is 13.6. The lowest BCUT2D eigenvalue weighted by atomic mass is 9.85. The van der Waals surface area contributed by atoms with Gasteiger partial charge >= 0.3 is 0 Å². The number of aliphatic imine (C=N–C) groups is 1. The minimum Gasteiger partial charge on any atom is -0.340 e. The van der Waals surface area contributed by atoms with Crippen LogP contribution in [0.5, 0.6) is 0 Å². The molecule has 1 unspecified atom stereocenters. The number of benzene rings is 6. The molecule has 6 aromatic carbocycles. The molecule has 0 radical (unpaired) electrons. The van der Waals surface area contributed by atoms with Gasteiger partial charge in [0.1, 0.15) is 5.84 Å². The fraction of sp³-hybridized carbons (Fsp3) is 0.106. The number of allylic oxidation sites excluding steroid dienone is 2. The molecule has 2 heterocycles. The van der Waals surface area contributed by atoms with Crippen LogP contribution in [0.15, 0.2) is 145 Å². The summed E-state index contributed by atoms with van der Waals surface area (Å²) in [5.74, 6) is 0.883. The van der Waals surface area contributed by atoms with Gasteiger partial charge in [0.05, 0.1) is 11.7 Å². The number of hydrogen-bond acceptors (Lipinski definition) is 3. The quantitative estimate of drug-likeness (QED) is 0.208. The number of pyridine rings is 1. The Kier molecular flexibility index (Phi) is 6.83. The largest absolute Gasteiger partial charge is 0.340 e. The van der Waals surface area contributed by atoms with E-state index in [0.717, 1.165) is 59.4 Å². The summed E-state index contributed by atoms with van der Waals surface area (Å²) in [5, 5.41) is 11.3. The van der Waals surface area contributed by atoms with Crippen molar-refractivity contribution in [2.45, 2.75) is 31.7 Å². The average molecular weight is 642 g/mol. The van der Waals surface area contributed by atoms with Crippen LogP contribution in [-0.2, 0) is 12.8 Å². The van der Waals surface area contributed by atoms with E-state index < -0.39 is 0 Å². The Morgan fingerprint density at radius 3 is 1.96 bits per heavy atom. The van der Waals surface area contributed by atoms with Gasteiger partial charge < -0.3 is 5.32 Å². The number of rotatable bonds is 4. The Bertz CT molecular complexity index is 2610. The van der Waals surface area contributed by atoms with Crippen LogP contribution in [0.2, 0.25) is 0 Å². The van der Waals surface area contributed by atoms with E-state index in [1.165, 1.54) is 60.3 Å². The molecule has 1 aromatic heterocycles. The Morgan fingerprint density at radius 2 is 1.20 bits per heavy atom. The summed E-state index contributed by atoms with van der Waals surface area (Å²) in [6, 6.07) is 41.7. The minimum atomic E-state index is -0.156. The van der Waals surface area contributed by atoms with Gasteiger partial charge in [0, 0.05) is 34.0 Å². The maximum absolute atomic E-state index is 5.50. The summed E-state index contributed by atoms with van der Waals surface area (Å²) in [5.41, 5.74) is 12.3. The van der Waals surface area contributed by atoms with Gasteiger partial charge in [-0.25, -0.2) is 0 Å². The predicted molar refractivity (Wildman–Crippen MR) is 210 cm³/mol. The van der Waals surface area contributed by atoms with Crippen molar-refractivity contribution in [2.75, 3.05) is 0 Å². The summed E-state index contributed by atoms with van der Waals surface area (Å²) >= 11 is 0. The number of aromatic nitrogens is 1. The Morgan fingerprint density at radius 1 is 0.580 bits per heavy atom. The van der Waals surface area contributed by atoms with Crippen molar-refractivity contribution in [2.24, 2.45) is 4.99 Å². The molecule has 238 valence electrons. The number of hydrogen-bond donors (Lipinski definition) is 1. The molecule has 50 heavy (non-hydrogen) atoms. The van der Waals surface area contributed by atoms with Crippen LogP contribution in [0, 0.1) is 0 Å². The van der Waals surface area contributed by atoms with Crippen LogP contribution >= 0.6 is 0 Å². The third kappa shape index (κ3) is 4.81. The van der Waals surface area contributed by atoms with E-state index in [2.05, 4.69) is 151 Å². The SMILES string of the molecule is C1=Cc2c(cc(C3=CC(c4cc5c(c6ccccc46)C=CCC5)N=C(c4ccc(-c5nccc6ccccc56)cc4)N3)c3ccccc23)CC1. The Balaban J connectivity index is 1.15. The summed E-state index contributed by atoms with van der Waals surface area (Å²) in [7, 11) is 0. The minimum absolute atomic E-state index is 0.156. The smallest absolute Gasteiger partial charge is 0.133 e. The van der Waals surface area contributed by atoms with E-state index in [1.54, 1.807) is 0 Å². The van der Waals surface area contributed by atoms with Gasteiger partial charge in [0.2, 0.25) is 0 Å². The van der Waals surface area contributed by atoms with E-state index >= 15 is 0 Å². The first-order chi connectivity index (χ1) is 24.8. The number of amidine groups is 1. The highest BCUT2D eigenvalue weighted by Gasteiger charge is 2.25. The third-order valence-corrected chi connectivity index (χ3v) is 10.7. The van der Waals surface area contributed by atoms with Crippen LogP contribution in [0.25, 0.3) is 61.4 Å². The van der Waals surface area contributed by atoms with Crippen LogP contribution in [0.1, 0.15) is 57.8 Å². The molecule has 0 saturated heterocycles. The van der Waals surface area contributed by atoms with E-state index in [-0.39, 0.29) is 6.04 Å². The molecule has 0 fully saturated rings. The van der Waals surface area contributed by atoms with E-state index in [1.807, 2.05) is 6.20 Å². The number of aryl methyl sites for hydroxylation is 2. The van der Waals surface area contributed by atoms with Crippen molar-refractivity contribution in [3.05, 3.63) is 179 Å². The molecule has 0 amide bonds. The lowest BCUT2D eigenvalue weighted by Crippen LogP contribution is -2.28. The molecule has 3 heteroatoms. The second-order valence-corrected chi connectivity index (χ2v) is 13.6. The van der Waals surface area contributed by atoms with Gasteiger partial charge in [-0.2, -0.15) is 0 Å². The highest BCUT2D eigenvalue weighted by atomic mass is 15.0. The Labute approximate surface area is 292 Å². The molecule has 0 saturated carbocycles. The summed E-state index contributed by atoms with van der Waals surface area (Å²) < 4.78 is 0. The van der Waals surface area contributed by atoms with Crippen molar-refractivity contribution in [3.8, 4) is 11.3 Å². The lowest BCUT2D eigenvalue weighted by Gasteiger charge is -2.27. The van der Waals surface area contributed by atoms with Crippen molar-refractivity contribution >= 4 is 56.0 Å². The first-order valence-electron chi connectivity index (χ1n) is 17.7. The molecular weight excluding hydrogens is 607 g/mol. The molecule has 1 aliphatic heterocycles.